The van der Waals surface area contributed by atoms with Crippen LogP contribution in [0.2, 0.25) is 0 Å². The zero-order valence-corrected chi connectivity index (χ0v) is 9.34. The average molecular weight is 226 g/mol. The van der Waals surface area contributed by atoms with Crippen molar-refractivity contribution >= 4 is 11.6 Å². The third-order valence-electron chi connectivity index (χ3n) is 1.85. The highest BCUT2D eigenvalue weighted by molar-refractivity contribution is 5.92. The van der Waals surface area contributed by atoms with E-state index in [1.807, 2.05) is 0 Å². The number of anilines is 1. The Bertz CT molecular complexity index is 369. The van der Waals surface area contributed by atoms with Crippen molar-refractivity contribution in [1.82, 2.24) is 5.32 Å². The topological polar surface area (TPSA) is 50.4 Å². The highest BCUT2D eigenvalue weighted by atomic mass is 19.1. The molecule has 0 saturated carbocycles. The molecule has 0 unspecified atom stereocenters. The summed E-state index contributed by atoms with van der Waals surface area (Å²) < 4.78 is 18.4. The largest absolute Gasteiger partial charge is 0.491 e. The Labute approximate surface area is 93.8 Å². The van der Waals surface area contributed by atoms with Crippen LogP contribution in [0.5, 0.6) is 5.75 Å². The van der Waals surface area contributed by atoms with Crippen molar-refractivity contribution in [2.75, 3.05) is 25.5 Å². The molecule has 1 amide bonds. The van der Waals surface area contributed by atoms with Crippen LogP contribution in [0.1, 0.15) is 6.92 Å². The number of rotatable bonds is 5. The summed E-state index contributed by atoms with van der Waals surface area (Å²) in [7, 11) is 1.67. The van der Waals surface area contributed by atoms with E-state index in [9.17, 15) is 9.18 Å². The van der Waals surface area contributed by atoms with Crippen LogP contribution in [-0.2, 0) is 4.79 Å². The van der Waals surface area contributed by atoms with Gasteiger partial charge in [-0.2, -0.15) is 0 Å². The van der Waals surface area contributed by atoms with Gasteiger partial charge >= 0.3 is 0 Å². The Morgan fingerprint density at radius 3 is 2.81 bits per heavy atom. The molecule has 0 spiro atoms. The van der Waals surface area contributed by atoms with Crippen LogP contribution in [-0.4, -0.2) is 26.1 Å². The van der Waals surface area contributed by atoms with E-state index in [1.165, 1.54) is 12.1 Å². The smallest absolute Gasteiger partial charge is 0.238 e. The predicted molar refractivity (Wildman–Crippen MR) is 60.1 cm³/mol. The lowest BCUT2D eigenvalue weighted by Crippen LogP contribution is -2.25. The Morgan fingerprint density at radius 1 is 1.50 bits per heavy atom. The van der Waals surface area contributed by atoms with Crippen LogP contribution < -0.4 is 15.4 Å². The molecule has 2 N–H and O–H groups in total. The Morgan fingerprint density at radius 2 is 2.25 bits per heavy atom. The standard InChI is InChI=1S/C11H15FN2O2/c1-3-16-10-5-4-8(6-9(10)12)14-11(15)7-13-2/h4-6,13H,3,7H2,1-2H3,(H,14,15). The Balaban J connectivity index is 2.69. The number of amides is 1. The van der Waals surface area contributed by atoms with E-state index in [2.05, 4.69) is 10.6 Å². The first-order valence-electron chi connectivity index (χ1n) is 5.04. The van der Waals surface area contributed by atoms with Gasteiger partial charge in [-0.15, -0.1) is 0 Å². The number of hydrogen-bond acceptors (Lipinski definition) is 3. The maximum Gasteiger partial charge on any atom is 0.238 e. The zero-order valence-electron chi connectivity index (χ0n) is 9.34. The molecule has 0 aliphatic carbocycles. The summed E-state index contributed by atoms with van der Waals surface area (Å²) in [5, 5.41) is 5.26. The van der Waals surface area contributed by atoms with E-state index in [1.54, 1.807) is 20.0 Å². The van der Waals surface area contributed by atoms with Crippen molar-refractivity contribution in [3.05, 3.63) is 24.0 Å². The van der Waals surface area contributed by atoms with Crippen LogP contribution in [0.4, 0.5) is 10.1 Å². The lowest BCUT2D eigenvalue weighted by molar-refractivity contribution is -0.115. The summed E-state index contributed by atoms with van der Waals surface area (Å²) in [5.41, 5.74) is 0.418. The normalized spacial score (nSPS) is 9.94. The van der Waals surface area contributed by atoms with Crippen LogP contribution >= 0.6 is 0 Å². The molecule has 1 aromatic rings. The highest BCUT2D eigenvalue weighted by Crippen LogP contribution is 2.20. The third-order valence-corrected chi connectivity index (χ3v) is 1.85. The van der Waals surface area contributed by atoms with Gasteiger partial charge < -0.3 is 15.4 Å². The maximum absolute atomic E-state index is 13.4. The van der Waals surface area contributed by atoms with E-state index in [0.29, 0.717) is 12.3 Å². The molecule has 1 rings (SSSR count). The van der Waals surface area contributed by atoms with E-state index in [4.69, 9.17) is 4.74 Å². The second-order valence-corrected chi connectivity index (χ2v) is 3.16. The molecule has 16 heavy (non-hydrogen) atoms. The molecule has 1 aromatic carbocycles. The summed E-state index contributed by atoms with van der Waals surface area (Å²) in [6.45, 7) is 2.37. The fourth-order valence-corrected chi connectivity index (χ4v) is 1.22. The number of carbonyl (C=O) groups is 1. The first-order chi connectivity index (χ1) is 7.67. The molecule has 0 saturated heterocycles. The summed E-state index contributed by atoms with van der Waals surface area (Å²) in [6, 6.07) is 4.33. The van der Waals surface area contributed by atoms with Crippen molar-refractivity contribution < 1.29 is 13.9 Å². The van der Waals surface area contributed by atoms with Gasteiger partial charge in [0.25, 0.3) is 0 Å². The summed E-state index contributed by atoms with van der Waals surface area (Å²) in [6.07, 6.45) is 0. The van der Waals surface area contributed by atoms with E-state index in [0.717, 1.165) is 0 Å². The van der Waals surface area contributed by atoms with E-state index in [-0.39, 0.29) is 18.2 Å². The fraction of sp³-hybridized carbons (Fsp3) is 0.364. The van der Waals surface area contributed by atoms with Crippen molar-refractivity contribution in [1.29, 1.82) is 0 Å². The van der Waals surface area contributed by atoms with Crippen molar-refractivity contribution in [2.45, 2.75) is 6.92 Å². The third kappa shape index (κ3) is 3.51. The zero-order chi connectivity index (χ0) is 12.0. The molecule has 0 heterocycles. The number of carbonyl (C=O) groups excluding carboxylic acids is 1. The van der Waals surface area contributed by atoms with Crippen molar-refractivity contribution in [2.24, 2.45) is 0 Å². The number of likely N-dealkylation sites (N-methyl/N-ethyl adjacent to an activating group) is 1. The van der Waals surface area contributed by atoms with Gasteiger partial charge in [-0.3, -0.25) is 4.79 Å². The van der Waals surface area contributed by atoms with Crippen molar-refractivity contribution in [3.63, 3.8) is 0 Å². The van der Waals surface area contributed by atoms with Gasteiger partial charge in [0.1, 0.15) is 0 Å². The molecule has 0 aliphatic rings. The molecule has 0 radical (unpaired) electrons. The van der Waals surface area contributed by atoms with Crippen LogP contribution in [0, 0.1) is 5.82 Å². The van der Waals surface area contributed by atoms with Crippen LogP contribution in [0.3, 0.4) is 0 Å². The quantitative estimate of drug-likeness (QED) is 0.797. The van der Waals surface area contributed by atoms with E-state index < -0.39 is 5.82 Å². The van der Waals surface area contributed by atoms with Gasteiger partial charge in [-0.25, -0.2) is 4.39 Å². The lowest BCUT2D eigenvalue weighted by atomic mass is 10.3. The number of hydrogen-bond donors (Lipinski definition) is 2. The number of halogens is 1. The maximum atomic E-state index is 13.4. The summed E-state index contributed by atoms with van der Waals surface area (Å²) >= 11 is 0. The first-order valence-corrected chi connectivity index (χ1v) is 5.04. The highest BCUT2D eigenvalue weighted by Gasteiger charge is 2.06. The summed E-state index contributed by atoms with van der Waals surface area (Å²) in [5.74, 6) is -0.510. The minimum absolute atomic E-state index is 0.189. The Hall–Kier alpha value is -1.62. The van der Waals surface area contributed by atoms with Gasteiger partial charge in [-0.1, -0.05) is 0 Å². The number of ether oxygens (including phenoxy) is 1. The average Bonchev–Trinajstić information content (AvgIpc) is 2.22. The minimum atomic E-state index is -0.482. The second-order valence-electron chi connectivity index (χ2n) is 3.16. The molecule has 0 bridgehead atoms. The SMILES string of the molecule is CCOc1ccc(NC(=O)CNC)cc1F. The monoisotopic (exact) mass is 226 g/mol. The Kier molecular flexibility index (Phi) is 4.72. The fourth-order valence-electron chi connectivity index (χ4n) is 1.22. The predicted octanol–water partition coefficient (Wildman–Crippen LogP) is 1.38. The molecule has 0 fully saturated rings. The first kappa shape index (κ1) is 12.4. The molecule has 88 valence electrons. The number of nitrogens with one attached hydrogen (secondary N) is 2. The molecule has 0 aliphatic heterocycles. The molecule has 5 heteroatoms. The van der Waals surface area contributed by atoms with Crippen LogP contribution in [0.25, 0.3) is 0 Å². The van der Waals surface area contributed by atoms with Crippen LogP contribution in [0.15, 0.2) is 18.2 Å². The van der Waals surface area contributed by atoms with Gasteiger partial charge in [0.05, 0.1) is 13.2 Å². The van der Waals surface area contributed by atoms with Gasteiger partial charge in [0, 0.05) is 11.8 Å². The molecule has 0 atom stereocenters. The van der Waals surface area contributed by atoms with Gasteiger partial charge in [0.2, 0.25) is 5.91 Å². The molecule has 4 nitrogen and oxygen atoms in total. The number of benzene rings is 1. The van der Waals surface area contributed by atoms with Gasteiger partial charge in [0.15, 0.2) is 11.6 Å². The summed E-state index contributed by atoms with van der Waals surface area (Å²) in [4.78, 5) is 11.2. The molecule has 0 aromatic heterocycles. The minimum Gasteiger partial charge on any atom is -0.491 e. The second kappa shape index (κ2) is 6.07. The molecular formula is C11H15FN2O2. The molecular weight excluding hydrogens is 211 g/mol. The van der Waals surface area contributed by atoms with Crippen molar-refractivity contribution in [3.8, 4) is 5.75 Å². The lowest BCUT2D eigenvalue weighted by Gasteiger charge is -2.08. The van der Waals surface area contributed by atoms with E-state index >= 15 is 0 Å². The van der Waals surface area contributed by atoms with Gasteiger partial charge in [-0.05, 0) is 26.1 Å².